The average Bonchev–Trinajstić information content (AvgIpc) is 2.49. The number of benzene rings is 1. The summed E-state index contributed by atoms with van der Waals surface area (Å²) in [5.41, 5.74) is 2.60. The van der Waals surface area contributed by atoms with Crippen molar-refractivity contribution in [1.82, 2.24) is 4.98 Å². The standard InChI is InChI=1S/C16H18N2/c1-2-6-15(7-3-1)18-12-9-14(10-13-18)16-8-4-5-11-17-16/h1-8,11,14H,9-10,12-13H2. The summed E-state index contributed by atoms with van der Waals surface area (Å²) in [6, 6.07) is 16.9. The zero-order valence-corrected chi connectivity index (χ0v) is 10.5. The zero-order chi connectivity index (χ0) is 12.2. The first-order valence-electron chi connectivity index (χ1n) is 6.64. The lowest BCUT2D eigenvalue weighted by molar-refractivity contribution is 0.496. The van der Waals surface area contributed by atoms with Gasteiger partial charge in [0.15, 0.2) is 0 Å². The molecule has 1 aliphatic heterocycles. The fourth-order valence-electron chi connectivity index (χ4n) is 2.69. The molecular formula is C16H18N2. The highest BCUT2D eigenvalue weighted by Crippen LogP contribution is 2.28. The van der Waals surface area contributed by atoms with Crippen LogP contribution in [0.2, 0.25) is 0 Å². The molecule has 92 valence electrons. The van der Waals surface area contributed by atoms with E-state index in [4.69, 9.17) is 0 Å². The Balaban J connectivity index is 1.65. The third kappa shape index (κ3) is 2.37. The van der Waals surface area contributed by atoms with Gasteiger partial charge in [0.1, 0.15) is 0 Å². The fourth-order valence-corrected chi connectivity index (χ4v) is 2.69. The maximum Gasteiger partial charge on any atom is 0.0435 e. The van der Waals surface area contributed by atoms with Crippen molar-refractivity contribution >= 4 is 5.69 Å². The quantitative estimate of drug-likeness (QED) is 0.796. The Morgan fingerprint density at radius 3 is 2.28 bits per heavy atom. The molecule has 3 rings (SSSR count). The Labute approximate surface area is 108 Å². The van der Waals surface area contributed by atoms with Crippen molar-refractivity contribution in [3.8, 4) is 0 Å². The maximum atomic E-state index is 4.48. The van der Waals surface area contributed by atoms with Gasteiger partial charge in [0, 0.05) is 36.6 Å². The highest BCUT2D eigenvalue weighted by Gasteiger charge is 2.21. The number of para-hydroxylation sites is 1. The number of aromatic nitrogens is 1. The van der Waals surface area contributed by atoms with E-state index in [1.54, 1.807) is 0 Å². The van der Waals surface area contributed by atoms with Gasteiger partial charge in [-0.2, -0.15) is 0 Å². The molecule has 0 saturated carbocycles. The van der Waals surface area contributed by atoms with E-state index in [2.05, 4.69) is 52.3 Å². The number of nitrogens with zero attached hydrogens (tertiary/aromatic N) is 2. The number of hydrogen-bond acceptors (Lipinski definition) is 2. The summed E-state index contributed by atoms with van der Waals surface area (Å²) in [4.78, 5) is 6.95. The third-order valence-corrected chi connectivity index (χ3v) is 3.72. The molecule has 0 N–H and O–H groups in total. The van der Waals surface area contributed by atoms with Gasteiger partial charge in [0.05, 0.1) is 0 Å². The third-order valence-electron chi connectivity index (χ3n) is 3.72. The first-order valence-corrected chi connectivity index (χ1v) is 6.64. The molecule has 0 unspecified atom stereocenters. The van der Waals surface area contributed by atoms with Crippen LogP contribution in [0.1, 0.15) is 24.5 Å². The summed E-state index contributed by atoms with van der Waals surface area (Å²) in [5, 5.41) is 0. The van der Waals surface area contributed by atoms with Gasteiger partial charge >= 0.3 is 0 Å². The molecule has 2 aromatic rings. The van der Waals surface area contributed by atoms with Crippen LogP contribution in [0.3, 0.4) is 0 Å². The fraction of sp³-hybridized carbons (Fsp3) is 0.312. The van der Waals surface area contributed by atoms with Gasteiger partial charge in [-0.3, -0.25) is 4.98 Å². The number of anilines is 1. The molecule has 0 radical (unpaired) electrons. The van der Waals surface area contributed by atoms with E-state index in [1.807, 2.05) is 12.3 Å². The topological polar surface area (TPSA) is 16.1 Å². The van der Waals surface area contributed by atoms with Crippen molar-refractivity contribution in [3.63, 3.8) is 0 Å². The van der Waals surface area contributed by atoms with E-state index in [0.717, 1.165) is 13.1 Å². The Morgan fingerprint density at radius 1 is 0.889 bits per heavy atom. The van der Waals surface area contributed by atoms with E-state index in [1.165, 1.54) is 24.2 Å². The minimum Gasteiger partial charge on any atom is -0.371 e. The molecule has 1 fully saturated rings. The molecule has 0 aliphatic carbocycles. The van der Waals surface area contributed by atoms with Crippen LogP contribution in [-0.4, -0.2) is 18.1 Å². The second-order valence-electron chi connectivity index (χ2n) is 4.85. The second kappa shape index (κ2) is 5.21. The molecule has 1 aromatic carbocycles. The molecule has 2 heteroatoms. The van der Waals surface area contributed by atoms with Gasteiger partial charge in [-0.1, -0.05) is 24.3 Å². The van der Waals surface area contributed by atoms with Gasteiger partial charge in [-0.15, -0.1) is 0 Å². The highest BCUT2D eigenvalue weighted by atomic mass is 15.1. The van der Waals surface area contributed by atoms with Crippen LogP contribution in [0.5, 0.6) is 0 Å². The Kier molecular flexibility index (Phi) is 3.26. The summed E-state index contributed by atoms with van der Waals surface area (Å²) >= 11 is 0. The van der Waals surface area contributed by atoms with Crippen LogP contribution >= 0.6 is 0 Å². The summed E-state index contributed by atoms with van der Waals surface area (Å²) in [6.07, 6.45) is 4.30. The first-order chi connectivity index (χ1) is 8.93. The van der Waals surface area contributed by atoms with Crippen molar-refractivity contribution in [2.75, 3.05) is 18.0 Å². The van der Waals surface area contributed by atoms with Gasteiger partial charge in [-0.05, 0) is 37.1 Å². The number of piperidine rings is 1. The number of hydrogen-bond donors (Lipinski definition) is 0. The van der Waals surface area contributed by atoms with Crippen molar-refractivity contribution < 1.29 is 0 Å². The molecule has 2 nitrogen and oxygen atoms in total. The van der Waals surface area contributed by atoms with Crippen molar-refractivity contribution in [3.05, 3.63) is 60.4 Å². The largest absolute Gasteiger partial charge is 0.371 e. The predicted molar refractivity (Wildman–Crippen MR) is 74.9 cm³/mol. The summed E-state index contributed by atoms with van der Waals surface area (Å²) < 4.78 is 0. The Morgan fingerprint density at radius 2 is 1.61 bits per heavy atom. The normalized spacial score (nSPS) is 16.8. The summed E-state index contributed by atoms with van der Waals surface area (Å²) in [6.45, 7) is 2.26. The van der Waals surface area contributed by atoms with Crippen molar-refractivity contribution in [2.45, 2.75) is 18.8 Å². The summed E-state index contributed by atoms with van der Waals surface area (Å²) in [5.74, 6) is 0.631. The lowest BCUT2D eigenvalue weighted by atomic mass is 9.93. The van der Waals surface area contributed by atoms with Gasteiger partial charge in [-0.25, -0.2) is 0 Å². The minimum absolute atomic E-state index is 0.631. The molecule has 1 saturated heterocycles. The van der Waals surface area contributed by atoms with Crippen LogP contribution in [0, 0.1) is 0 Å². The van der Waals surface area contributed by atoms with Crippen LogP contribution < -0.4 is 4.90 Å². The SMILES string of the molecule is c1ccc(N2CCC(c3ccccn3)CC2)cc1. The average molecular weight is 238 g/mol. The first kappa shape index (κ1) is 11.3. The molecule has 2 heterocycles. The van der Waals surface area contributed by atoms with Crippen LogP contribution in [0.25, 0.3) is 0 Å². The van der Waals surface area contributed by atoms with Gasteiger partial charge in [0.25, 0.3) is 0 Å². The number of rotatable bonds is 2. The maximum absolute atomic E-state index is 4.48. The molecule has 1 aliphatic rings. The zero-order valence-electron chi connectivity index (χ0n) is 10.5. The predicted octanol–water partition coefficient (Wildman–Crippen LogP) is 3.47. The second-order valence-corrected chi connectivity index (χ2v) is 4.85. The lowest BCUT2D eigenvalue weighted by Crippen LogP contribution is -2.32. The van der Waals surface area contributed by atoms with Gasteiger partial charge < -0.3 is 4.90 Å². The number of pyridine rings is 1. The highest BCUT2D eigenvalue weighted by molar-refractivity contribution is 5.46. The van der Waals surface area contributed by atoms with E-state index in [9.17, 15) is 0 Å². The molecule has 0 spiro atoms. The monoisotopic (exact) mass is 238 g/mol. The molecule has 18 heavy (non-hydrogen) atoms. The van der Waals surface area contributed by atoms with Crippen molar-refractivity contribution in [2.24, 2.45) is 0 Å². The van der Waals surface area contributed by atoms with E-state index in [-0.39, 0.29) is 0 Å². The molecule has 0 bridgehead atoms. The van der Waals surface area contributed by atoms with Crippen LogP contribution in [-0.2, 0) is 0 Å². The lowest BCUT2D eigenvalue weighted by Gasteiger charge is -2.33. The van der Waals surface area contributed by atoms with Gasteiger partial charge in [0.2, 0.25) is 0 Å². The molecular weight excluding hydrogens is 220 g/mol. The molecule has 0 amide bonds. The molecule has 1 aromatic heterocycles. The van der Waals surface area contributed by atoms with E-state index >= 15 is 0 Å². The summed E-state index contributed by atoms with van der Waals surface area (Å²) in [7, 11) is 0. The van der Waals surface area contributed by atoms with E-state index < -0.39 is 0 Å². The van der Waals surface area contributed by atoms with Crippen LogP contribution in [0.15, 0.2) is 54.7 Å². The Hall–Kier alpha value is -1.83. The Bertz CT molecular complexity index is 425. The van der Waals surface area contributed by atoms with Crippen molar-refractivity contribution in [1.29, 1.82) is 0 Å². The van der Waals surface area contributed by atoms with E-state index in [0.29, 0.717) is 5.92 Å². The minimum atomic E-state index is 0.631. The molecule has 0 atom stereocenters. The van der Waals surface area contributed by atoms with Crippen LogP contribution in [0.4, 0.5) is 5.69 Å². The smallest absolute Gasteiger partial charge is 0.0435 e.